The van der Waals surface area contributed by atoms with Crippen molar-refractivity contribution in [1.82, 2.24) is 0 Å². The maximum absolute atomic E-state index is 13.5. The summed E-state index contributed by atoms with van der Waals surface area (Å²) in [6, 6.07) is 15.8. The van der Waals surface area contributed by atoms with Crippen molar-refractivity contribution in [2.45, 2.75) is 72.8 Å². The molecule has 194 valence electrons. The smallest absolute Gasteiger partial charge is 0.163 e. The molecule has 2 aromatic carbocycles. The SMILES string of the molecule is CCOc1cc(C2C3=C(CC(C)(C)CC3=O)OC3=C2C(=O)CC(C)(C)C3)ccc1OCc1ccccc1. The van der Waals surface area contributed by atoms with Crippen molar-refractivity contribution in [3.63, 3.8) is 0 Å². The van der Waals surface area contributed by atoms with E-state index in [2.05, 4.69) is 27.7 Å². The van der Waals surface area contributed by atoms with Crippen LogP contribution in [0.1, 0.15) is 77.3 Å². The fourth-order valence-corrected chi connectivity index (χ4v) is 5.84. The fourth-order valence-electron chi connectivity index (χ4n) is 5.84. The van der Waals surface area contributed by atoms with Gasteiger partial charge in [-0.25, -0.2) is 0 Å². The van der Waals surface area contributed by atoms with Gasteiger partial charge in [0.2, 0.25) is 0 Å². The Kier molecular flexibility index (Phi) is 6.51. The van der Waals surface area contributed by atoms with Gasteiger partial charge >= 0.3 is 0 Å². The zero-order valence-electron chi connectivity index (χ0n) is 22.5. The Morgan fingerprint density at radius 1 is 0.784 bits per heavy atom. The molecule has 1 aliphatic heterocycles. The van der Waals surface area contributed by atoms with E-state index in [-0.39, 0.29) is 22.4 Å². The topological polar surface area (TPSA) is 61.8 Å². The Hall–Kier alpha value is -3.34. The van der Waals surface area contributed by atoms with Crippen LogP contribution in [-0.2, 0) is 20.9 Å². The Balaban J connectivity index is 1.58. The van der Waals surface area contributed by atoms with Gasteiger partial charge in [-0.2, -0.15) is 0 Å². The molecule has 5 heteroatoms. The molecule has 0 atom stereocenters. The Morgan fingerprint density at radius 3 is 1.95 bits per heavy atom. The number of hydrogen-bond acceptors (Lipinski definition) is 5. The van der Waals surface area contributed by atoms with Crippen molar-refractivity contribution in [2.75, 3.05) is 6.61 Å². The minimum Gasteiger partial charge on any atom is -0.490 e. The lowest BCUT2D eigenvalue weighted by Crippen LogP contribution is -2.37. The predicted molar refractivity (Wildman–Crippen MR) is 142 cm³/mol. The standard InChI is InChI=1S/C32H36O5/c1-6-35-25-14-21(12-13-24(25)36-19-20-10-8-7-9-11-20)28-29-22(33)15-31(2,3)17-26(29)37-27-18-32(4,5)16-23(34)30(27)28/h7-14,28H,6,15-19H2,1-5H3. The molecule has 0 aromatic heterocycles. The van der Waals surface area contributed by atoms with Gasteiger partial charge < -0.3 is 14.2 Å². The molecule has 0 unspecified atom stereocenters. The largest absolute Gasteiger partial charge is 0.490 e. The van der Waals surface area contributed by atoms with Gasteiger partial charge in [0.1, 0.15) is 18.1 Å². The quantitative estimate of drug-likeness (QED) is 0.425. The maximum atomic E-state index is 13.5. The molecule has 1 heterocycles. The normalized spacial score (nSPS) is 20.8. The highest BCUT2D eigenvalue weighted by molar-refractivity contribution is 6.06. The minimum atomic E-state index is -0.451. The van der Waals surface area contributed by atoms with Crippen molar-refractivity contribution < 1.29 is 23.8 Å². The molecule has 0 amide bonds. The van der Waals surface area contributed by atoms with E-state index in [1.165, 1.54) is 0 Å². The third-order valence-corrected chi connectivity index (χ3v) is 7.42. The summed E-state index contributed by atoms with van der Waals surface area (Å²) in [5.74, 6) is 2.35. The highest BCUT2D eigenvalue weighted by Gasteiger charge is 2.47. The van der Waals surface area contributed by atoms with Gasteiger partial charge in [0.25, 0.3) is 0 Å². The molecule has 5 rings (SSSR count). The zero-order chi connectivity index (χ0) is 26.4. The van der Waals surface area contributed by atoms with Crippen LogP contribution < -0.4 is 9.47 Å². The number of allylic oxidation sites excluding steroid dienone is 4. The van der Waals surface area contributed by atoms with Crippen LogP contribution in [0.4, 0.5) is 0 Å². The minimum absolute atomic E-state index is 0.0581. The summed E-state index contributed by atoms with van der Waals surface area (Å²) in [4.78, 5) is 27.1. The molecule has 0 saturated heterocycles. The first-order valence-electron chi connectivity index (χ1n) is 13.2. The molecule has 0 spiro atoms. The molecule has 0 fully saturated rings. The van der Waals surface area contributed by atoms with Gasteiger partial charge in [-0.15, -0.1) is 0 Å². The van der Waals surface area contributed by atoms with Gasteiger partial charge in [0, 0.05) is 42.7 Å². The van der Waals surface area contributed by atoms with E-state index in [4.69, 9.17) is 14.2 Å². The van der Waals surface area contributed by atoms with Crippen molar-refractivity contribution >= 4 is 11.6 Å². The second kappa shape index (κ2) is 9.51. The first kappa shape index (κ1) is 25.3. The van der Waals surface area contributed by atoms with Crippen molar-refractivity contribution in [2.24, 2.45) is 10.8 Å². The van der Waals surface area contributed by atoms with Gasteiger partial charge in [-0.05, 0) is 41.0 Å². The number of rotatable bonds is 6. The lowest BCUT2D eigenvalue weighted by atomic mass is 9.65. The molecule has 0 N–H and O–H groups in total. The Labute approximate surface area is 219 Å². The first-order chi connectivity index (χ1) is 17.6. The molecule has 0 saturated carbocycles. The summed E-state index contributed by atoms with van der Waals surface area (Å²) in [5.41, 5.74) is 2.82. The second-order valence-electron chi connectivity index (χ2n) is 12.0. The third kappa shape index (κ3) is 5.09. The highest BCUT2D eigenvalue weighted by atomic mass is 16.5. The van der Waals surface area contributed by atoms with Crippen LogP contribution in [0.15, 0.2) is 71.2 Å². The Morgan fingerprint density at radius 2 is 1.38 bits per heavy atom. The van der Waals surface area contributed by atoms with E-state index < -0.39 is 5.92 Å². The summed E-state index contributed by atoms with van der Waals surface area (Å²) in [6.07, 6.45) is 2.22. The molecule has 37 heavy (non-hydrogen) atoms. The molecular weight excluding hydrogens is 464 g/mol. The molecule has 0 radical (unpaired) electrons. The second-order valence-corrected chi connectivity index (χ2v) is 12.0. The number of ether oxygens (including phenoxy) is 3. The highest BCUT2D eigenvalue weighted by Crippen LogP contribution is 2.53. The number of hydrogen-bond donors (Lipinski definition) is 0. The number of carbonyl (C=O) groups excluding carboxylic acids is 2. The van der Waals surface area contributed by atoms with E-state index in [0.717, 1.165) is 22.6 Å². The van der Waals surface area contributed by atoms with Crippen LogP contribution in [0.25, 0.3) is 0 Å². The summed E-state index contributed by atoms with van der Waals surface area (Å²) < 4.78 is 18.5. The van der Waals surface area contributed by atoms with Gasteiger partial charge in [-0.1, -0.05) is 64.1 Å². The lowest BCUT2D eigenvalue weighted by molar-refractivity contribution is -0.120. The number of Topliss-reactive ketones (excluding diaryl/α,β-unsaturated/α-hetero) is 2. The van der Waals surface area contributed by atoms with Crippen molar-refractivity contribution in [3.05, 3.63) is 82.3 Å². The van der Waals surface area contributed by atoms with Crippen molar-refractivity contribution in [1.29, 1.82) is 0 Å². The van der Waals surface area contributed by atoms with Crippen LogP contribution in [0.2, 0.25) is 0 Å². The predicted octanol–water partition coefficient (Wildman–Crippen LogP) is 7.06. The van der Waals surface area contributed by atoms with Gasteiger partial charge in [0.15, 0.2) is 23.1 Å². The van der Waals surface area contributed by atoms with E-state index >= 15 is 0 Å². The third-order valence-electron chi connectivity index (χ3n) is 7.42. The van der Waals surface area contributed by atoms with Crippen molar-refractivity contribution in [3.8, 4) is 11.5 Å². The molecule has 5 nitrogen and oxygen atoms in total. The van der Waals surface area contributed by atoms with Crippen LogP contribution in [0.5, 0.6) is 11.5 Å². The maximum Gasteiger partial charge on any atom is 0.163 e. The first-order valence-corrected chi connectivity index (χ1v) is 13.2. The molecule has 3 aliphatic rings. The number of ketones is 2. The van der Waals surface area contributed by atoms with Crippen LogP contribution in [0.3, 0.4) is 0 Å². The number of carbonyl (C=O) groups is 2. The summed E-state index contributed by atoms with van der Waals surface area (Å²) in [6.45, 7) is 11.2. The molecule has 0 bridgehead atoms. The lowest BCUT2D eigenvalue weighted by Gasteiger charge is -2.42. The molecule has 2 aromatic rings. The summed E-state index contributed by atoms with van der Waals surface area (Å²) in [5, 5.41) is 0. The summed E-state index contributed by atoms with van der Waals surface area (Å²) in [7, 11) is 0. The summed E-state index contributed by atoms with van der Waals surface area (Å²) >= 11 is 0. The average Bonchev–Trinajstić information content (AvgIpc) is 2.81. The van der Waals surface area contributed by atoms with Crippen LogP contribution in [-0.4, -0.2) is 18.2 Å². The van der Waals surface area contributed by atoms with E-state index in [1.54, 1.807) is 0 Å². The van der Waals surface area contributed by atoms with Gasteiger partial charge in [0.05, 0.1) is 6.61 Å². The number of benzene rings is 2. The Bertz CT molecular complexity index is 1240. The zero-order valence-corrected chi connectivity index (χ0v) is 22.5. The monoisotopic (exact) mass is 500 g/mol. The molecule has 2 aliphatic carbocycles. The van der Waals surface area contributed by atoms with Gasteiger partial charge in [-0.3, -0.25) is 9.59 Å². The van der Waals surface area contributed by atoms with Crippen LogP contribution >= 0.6 is 0 Å². The van der Waals surface area contributed by atoms with E-state index in [0.29, 0.717) is 61.5 Å². The fraction of sp³-hybridized carbons (Fsp3) is 0.438. The molecular formula is C32H36O5. The average molecular weight is 501 g/mol. The van der Waals surface area contributed by atoms with Crippen LogP contribution in [0, 0.1) is 10.8 Å². The van der Waals surface area contributed by atoms with E-state index in [9.17, 15) is 9.59 Å². The van der Waals surface area contributed by atoms with E-state index in [1.807, 2.05) is 55.5 Å².